The minimum absolute atomic E-state index is 0.0272. The van der Waals surface area contributed by atoms with Gasteiger partial charge in [-0.3, -0.25) is 9.78 Å². The zero-order chi connectivity index (χ0) is 17.3. The summed E-state index contributed by atoms with van der Waals surface area (Å²) in [7, 11) is 0. The second kappa shape index (κ2) is 8.94. The van der Waals surface area contributed by atoms with Crippen molar-refractivity contribution in [1.29, 1.82) is 0 Å². The van der Waals surface area contributed by atoms with E-state index in [0.29, 0.717) is 24.5 Å². The average molecular weight is 353 g/mol. The fraction of sp³-hybridized carbons (Fsp3) is 0.211. The van der Waals surface area contributed by atoms with Crippen LogP contribution >= 0.6 is 11.3 Å². The van der Waals surface area contributed by atoms with Gasteiger partial charge in [0.2, 0.25) is 5.91 Å². The van der Waals surface area contributed by atoms with Crippen LogP contribution in [0.3, 0.4) is 0 Å². The molecule has 0 atom stereocenters. The van der Waals surface area contributed by atoms with Crippen molar-refractivity contribution in [3.05, 3.63) is 70.9 Å². The molecule has 0 radical (unpaired) electrons. The first-order valence-electron chi connectivity index (χ1n) is 8.10. The summed E-state index contributed by atoms with van der Waals surface area (Å²) in [5.74, 6) is 0.620. The number of thiazole rings is 1. The summed E-state index contributed by atoms with van der Waals surface area (Å²) < 4.78 is 5.78. The van der Waals surface area contributed by atoms with Crippen LogP contribution in [0.15, 0.2) is 59.6 Å². The summed E-state index contributed by atoms with van der Waals surface area (Å²) in [4.78, 5) is 20.6. The molecule has 0 aliphatic rings. The number of carbonyl (C=O) groups is 1. The van der Waals surface area contributed by atoms with Gasteiger partial charge in [0.05, 0.1) is 16.9 Å². The molecule has 1 N–H and O–H groups in total. The maximum absolute atomic E-state index is 12.2. The van der Waals surface area contributed by atoms with E-state index in [0.717, 1.165) is 24.2 Å². The molecule has 0 aliphatic heterocycles. The second-order valence-corrected chi connectivity index (χ2v) is 6.21. The molecule has 1 aromatic carbocycles. The minimum Gasteiger partial charge on any atom is -0.485 e. The Labute approximate surface area is 150 Å². The first-order valence-corrected chi connectivity index (χ1v) is 9.04. The summed E-state index contributed by atoms with van der Waals surface area (Å²) in [6.45, 7) is 0.385. The Morgan fingerprint density at radius 2 is 1.96 bits per heavy atom. The minimum atomic E-state index is -0.0272. The number of nitrogens with one attached hydrogen (secondary N) is 1. The standard InChI is InChI=1S/C19H19N3O2S/c23-19(10-5-7-15-6-3-4-11-20-15)22-17-8-1-2-9-18(17)24-12-16-13-25-14-21-16/h1-4,6,8-9,11,13-14H,5,7,10,12H2,(H,22,23). The highest BCUT2D eigenvalue weighted by atomic mass is 32.1. The molecular weight excluding hydrogens is 334 g/mol. The number of nitrogens with zero attached hydrogens (tertiary/aromatic N) is 2. The van der Waals surface area contributed by atoms with E-state index in [1.165, 1.54) is 11.3 Å². The molecule has 5 nitrogen and oxygen atoms in total. The number of hydrogen-bond acceptors (Lipinski definition) is 5. The van der Waals surface area contributed by atoms with E-state index in [1.807, 2.05) is 47.8 Å². The van der Waals surface area contributed by atoms with Gasteiger partial charge in [-0.05, 0) is 37.1 Å². The first kappa shape index (κ1) is 17.1. The maximum Gasteiger partial charge on any atom is 0.224 e. The molecule has 2 heterocycles. The van der Waals surface area contributed by atoms with E-state index in [1.54, 1.807) is 11.7 Å². The highest BCUT2D eigenvalue weighted by molar-refractivity contribution is 7.07. The number of para-hydroxylation sites is 2. The zero-order valence-electron chi connectivity index (χ0n) is 13.7. The molecule has 0 bridgehead atoms. The molecule has 0 fully saturated rings. The van der Waals surface area contributed by atoms with Gasteiger partial charge in [-0.2, -0.15) is 0 Å². The molecule has 128 valence electrons. The lowest BCUT2D eigenvalue weighted by Gasteiger charge is -2.11. The summed E-state index contributed by atoms with van der Waals surface area (Å²) in [6.07, 6.45) is 3.75. The van der Waals surface area contributed by atoms with Gasteiger partial charge in [0, 0.05) is 23.7 Å². The molecule has 3 aromatic rings. The van der Waals surface area contributed by atoms with E-state index in [9.17, 15) is 4.79 Å². The molecule has 0 spiro atoms. The van der Waals surface area contributed by atoms with Gasteiger partial charge in [0.15, 0.2) is 0 Å². The lowest BCUT2D eigenvalue weighted by molar-refractivity contribution is -0.116. The number of rotatable bonds is 8. The molecule has 0 aliphatic carbocycles. The molecule has 2 aromatic heterocycles. The normalized spacial score (nSPS) is 10.4. The van der Waals surface area contributed by atoms with Crippen LogP contribution in [-0.4, -0.2) is 15.9 Å². The van der Waals surface area contributed by atoms with Gasteiger partial charge in [0.25, 0.3) is 0 Å². The van der Waals surface area contributed by atoms with Crippen molar-refractivity contribution in [2.24, 2.45) is 0 Å². The van der Waals surface area contributed by atoms with Crippen molar-refractivity contribution in [1.82, 2.24) is 9.97 Å². The van der Waals surface area contributed by atoms with Crippen molar-refractivity contribution in [2.45, 2.75) is 25.9 Å². The first-order chi connectivity index (χ1) is 12.3. The highest BCUT2D eigenvalue weighted by Gasteiger charge is 2.08. The molecule has 6 heteroatoms. The third-order valence-electron chi connectivity index (χ3n) is 3.58. The molecule has 0 saturated heterocycles. The van der Waals surface area contributed by atoms with Crippen LogP contribution in [0.4, 0.5) is 5.69 Å². The quantitative estimate of drug-likeness (QED) is 0.663. The van der Waals surface area contributed by atoms with Gasteiger partial charge in [0.1, 0.15) is 12.4 Å². The second-order valence-electron chi connectivity index (χ2n) is 5.49. The van der Waals surface area contributed by atoms with Crippen LogP contribution in [0.2, 0.25) is 0 Å². The van der Waals surface area contributed by atoms with E-state index >= 15 is 0 Å². The van der Waals surface area contributed by atoms with E-state index in [2.05, 4.69) is 15.3 Å². The fourth-order valence-corrected chi connectivity index (χ4v) is 2.89. The number of pyridine rings is 1. The number of amides is 1. The van der Waals surface area contributed by atoms with Crippen LogP contribution in [0.1, 0.15) is 24.2 Å². The summed E-state index contributed by atoms with van der Waals surface area (Å²) in [5, 5.41) is 4.87. The van der Waals surface area contributed by atoms with Crippen LogP contribution in [0.25, 0.3) is 0 Å². The fourth-order valence-electron chi connectivity index (χ4n) is 2.35. The van der Waals surface area contributed by atoms with Crippen molar-refractivity contribution >= 4 is 22.9 Å². The van der Waals surface area contributed by atoms with Crippen LogP contribution < -0.4 is 10.1 Å². The summed E-state index contributed by atoms with van der Waals surface area (Å²) in [5.41, 5.74) is 4.33. The van der Waals surface area contributed by atoms with Crippen LogP contribution in [0.5, 0.6) is 5.75 Å². The Hall–Kier alpha value is -2.73. The number of benzene rings is 1. The largest absolute Gasteiger partial charge is 0.485 e. The van der Waals surface area contributed by atoms with Gasteiger partial charge in [-0.25, -0.2) is 4.98 Å². The summed E-state index contributed by atoms with van der Waals surface area (Å²) >= 11 is 1.53. The third-order valence-corrected chi connectivity index (χ3v) is 4.22. The van der Waals surface area contributed by atoms with Crippen molar-refractivity contribution in [2.75, 3.05) is 5.32 Å². The van der Waals surface area contributed by atoms with Crippen LogP contribution in [-0.2, 0) is 17.8 Å². The van der Waals surface area contributed by atoms with Gasteiger partial charge in [-0.15, -0.1) is 11.3 Å². The predicted molar refractivity (Wildman–Crippen MR) is 98.7 cm³/mol. The third kappa shape index (κ3) is 5.39. The maximum atomic E-state index is 12.2. The van der Waals surface area contributed by atoms with Gasteiger partial charge >= 0.3 is 0 Å². The Bertz CT molecular complexity index is 791. The van der Waals surface area contributed by atoms with Crippen molar-refractivity contribution in [3.63, 3.8) is 0 Å². The van der Waals surface area contributed by atoms with Crippen molar-refractivity contribution < 1.29 is 9.53 Å². The highest BCUT2D eigenvalue weighted by Crippen LogP contribution is 2.25. The Morgan fingerprint density at radius 3 is 2.76 bits per heavy atom. The average Bonchev–Trinajstić information content (AvgIpc) is 3.15. The monoisotopic (exact) mass is 353 g/mol. The van der Waals surface area contributed by atoms with Crippen molar-refractivity contribution in [3.8, 4) is 5.75 Å². The number of ether oxygens (including phenoxy) is 1. The van der Waals surface area contributed by atoms with E-state index < -0.39 is 0 Å². The molecule has 3 rings (SSSR count). The number of carbonyl (C=O) groups excluding carboxylic acids is 1. The number of aromatic nitrogens is 2. The Kier molecular flexibility index (Phi) is 6.11. The van der Waals surface area contributed by atoms with Crippen LogP contribution in [0, 0.1) is 0 Å². The lowest BCUT2D eigenvalue weighted by Crippen LogP contribution is -2.12. The topological polar surface area (TPSA) is 64.1 Å². The number of anilines is 1. The predicted octanol–water partition coefficient (Wildman–Crippen LogP) is 4.08. The van der Waals surface area contributed by atoms with E-state index in [-0.39, 0.29) is 5.91 Å². The zero-order valence-corrected chi connectivity index (χ0v) is 14.5. The van der Waals surface area contributed by atoms with Gasteiger partial charge < -0.3 is 10.1 Å². The Balaban J connectivity index is 1.50. The van der Waals surface area contributed by atoms with Gasteiger partial charge in [-0.1, -0.05) is 18.2 Å². The molecule has 0 unspecified atom stereocenters. The lowest BCUT2D eigenvalue weighted by atomic mass is 10.1. The SMILES string of the molecule is O=C(CCCc1ccccn1)Nc1ccccc1OCc1cscn1. The molecule has 0 saturated carbocycles. The molecule has 1 amide bonds. The Morgan fingerprint density at radius 1 is 1.08 bits per heavy atom. The molecule has 25 heavy (non-hydrogen) atoms. The smallest absolute Gasteiger partial charge is 0.224 e. The summed E-state index contributed by atoms with van der Waals surface area (Å²) in [6, 6.07) is 13.3. The van der Waals surface area contributed by atoms with E-state index in [4.69, 9.17) is 4.74 Å². The number of aryl methyl sites for hydroxylation is 1. The molecular formula is C19H19N3O2S. The number of hydrogen-bond donors (Lipinski definition) is 1.